The number of rotatable bonds is 5. The standard InChI is InChI=1S/C16H19ClN2O/c1-4-13(12-8-6-5-7-9-12)15(20)10-14-11(2)18-19(3)16(14)17/h5-9,13H,4,10H2,1-3H3. The largest absolute Gasteiger partial charge is 0.299 e. The Bertz CT molecular complexity index is 604. The van der Waals surface area contributed by atoms with E-state index in [0.29, 0.717) is 11.6 Å². The van der Waals surface area contributed by atoms with Crippen LogP contribution in [-0.4, -0.2) is 15.6 Å². The number of hydrogen-bond acceptors (Lipinski definition) is 2. The van der Waals surface area contributed by atoms with Gasteiger partial charge in [0, 0.05) is 24.9 Å². The molecule has 20 heavy (non-hydrogen) atoms. The summed E-state index contributed by atoms with van der Waals surface area (Å²) in [5, 5.41) is 4.81. The number of aromatic nitrogens is 2. The van der Waals surface area contributed by atoms with Gasteiger partial charge in [-0.1, -0.05) is 48.9 Å². The van der Waals surface area contributed by atoms with Gasteiger partial charge in [0.05, 0.1) is 5.69 Å². The van der Waals surface area contributed by atoms with Crippen LogP contribution < -0.4 is 0 Å². The topological polar surface area (TPSA) is 34.9 Å². The van der Waals surface area contributed by atoms with E-state index in [2.05, 4.69) is 5.10 Å². The van der Waals surface area contributed by atoms with Crippen molar-refractivity contribution in [1.29, 1.82) is 0 Å². The van der Waals surface area contributed by atoms with Crippen molar-refractivity contribution in [3.8, 4) is 0 Å². The number of halogens is 1. The highest BCUT2D eigenvalue weighted by atomic mass is 35.5. The molecular weight excluding hydrogens is 272 g/mol. The number of benzene rings is 1. The zero-order valence-electron chi connectivity index (χ0n) is 12.1. The van der Waals surface area contributed by atoms with Crippen molar-refractivity contribution in [3.63, 3.8) is 0 Å². The molecule has 0 bridgehead atoms. The Morgan fingerprint density at radius 2 is 2.00 bits per heavy atom. The molecule has 0 aliphatic heterocycles. The van der Waals surface area contributed by atoms with E-state index in [4.69, 9.17) is 11.6 Å². The summed E-state index contributed by atoms with van der Waals surface area (Å²) in [6.07, 6.45) is 1.13. The van der Waals surface area contributed by atoms with E-state index in [-0.39, 0.29) is 11.7 Å². The highest BCUT2D eigenvalue weighted by Crippen LogP contribution is 2.25. The third-order valence-electron chi connectivity index (χ3n) is 3.62. The van der Waals surface area contributed by atoms with Gasteiger partial charge in [-0.05, 0) is 18.9 Å². The van der Waals surface area contributed by atoms with E-state index in [1.807, 2.05) is 44.2 Å². The quantitative estimate of drug-likeness (QED) is 0.842. The van der Waals surface area contributed by atoms with Gasteiger partial charge in [0.25, 0.3) is 0 Å². The first kappa shape index (κ1) is 14.8. The van der Waals surface area contributed by atoms with Gasteiger partial charge in [0.2, 0.25) is 0 Å². The Morgan fingerprint density at radius 3 is 2.50 bits per heavy atom. The van der Waals surface area contributed by atoms with Crippen molar-refractivity contribution in [2.75, 3.05) is 0 Å². The second-order valence-corrected chi connectivity index (χ2v) is 5.35. The van der Waals surface area contributed by atoms with Crippen LogP contribution in [0, 0.1) is 6.92 Å². The zero-order valence-corrected chi connectivity index (χ0v) is 12.8. The monoisotopic (exact) mass is 290 g/mol. The third kappa shape index (κ3) is 2.93. The van der Waals surface area contributed by atoms with Crippen LogP contribution in [0.3, 0.4) is 0 Å². The summed E-state index contributed by atoms with van der Waals surface area (Å²) in [5.74, 6) is 0.114. The van der Waals surface area contributed by atoms with Gasteiger partial charge in [0.1, 0.15) is 10.9 Å². The van der Waals surface area contributed by atoms with Crippen LogP contribution in [0.4, 0.5) is 0 Å². The summed E-state index contributed by atoms with van der Waals surface area (Å²) in [4.78, 5) is 12.6. The third-order valence-corrected chi connectivity index (χ3v) is 4.09. The van der Waals surface area contributed by atoms with Gasteiger partial charge in [-0.25, -0.2) is 0 Å². The Labute approximate surface area is 124 Å². The van der Waals surface area contributed by atoms with Gasteiger partial charge in [0.15, 0.2) is 0 Å². The summed E-state index contributed by atoms with van der Waals surface area (Å²) in [5.41, 5.74) is 2.74. The van der Waals surface area contributed by atoms with E-state index in [0.717, 1.165) is 23.2 Å². The van der Waals surface area contributed by atoms with Crippen LogP contribution in [0.25, 0.3) is 0 Å². The summed E-state index contributed by atoms with van der Waals surface area (Å²) in [7, 11) is 1.79. The first-order valence-electron chi connectivity index (χ1n) is 6.80. The van der Waals surface area contributed by atoms with Crippen LogP contribution in [0.2, 0.25) is 5.15 Å². The maximum atomic E-state index is 12.6. The minimum atomic E-state index is -0.0770. The van der Waals surface area contributed by atoms with E-state index in [1.165, 1.54) is 0 Å². The van der Waals surface area contributed by atoms with Gasteiger partial charge in [-0.3, -0.25) is 9.48 Å². The zero-order chi connectivity index (χ0) is 14.7. The normalized spacial score (nSPS) is 12.4. The molecule has 2 aromatic rings. The molecule has 4 heteroatoms. The van der Waals surface area contributed by atoms with Crippen LogP contribution in [0.5, 0.6) is 0 Å². The number of aryl methyl sites for hydroxylation is 2. The number of Topliss-reactive ketones (excluding diaryl/α,β-unsaturated/α-hetero) is 1. The van der Waals surface area contributed by atoms with Gasteiger partial charge >= 0.3 is 0 Å². The molecular formula is C16H19ClN2O. The molecule has 106 valence electrons. The number of carbonyl (C=O) groups excluding carboxylic acids is 1. The fraction of sp³-hybridized carbons (Fsp3) is 0.375. The SMILES string of the molecule is CCC(C(=O)Cc1c(C)nn(C)c1Cl)c1ccccc1. The number of carbonyl (C=O) groups is 1. The molecule has 0 amide bonds. The molecule has 3 nitrogen and oxygen atoms in total. The van der Waals surface area contributed by atoms with Crippen molar-refractivity contribution < 1.29 is 4.79 Å². The minimum Gasteiger partial charge on any atom is -0.299 e. The fourth-order valence-corrected chi connectivity index (χ4v) is 2.75. The lowest BCUT2D eigenvalue weighted by Gasteiger charge is -2.14. The van der Waals surface area contributed by atoms with Gasteiger partial charge in [-0.2, -0.15) is 5.10 Å². The Kier molecular flexibility index (Phi) is 4.61. The summed E-state index contributed by atoms with van der Waals surface area (Å²) in [6.45, 7) is 3.92. The molecule has 0 fully saturated rings. The smallest absolute Gasteiger partial charge is 0.144 e. The summed E-state index contributed by atoms with van der Waals surface area (Å²) < 4.78 is 1.61. The highest BCUT2D eigenvalue weighted by Gasteiger charge is 2.22. The number of ketones is 1. The molecule has 1 aromatic carbocycles. The maximum absolute atomic E-state index is 12.6. The van der Waals surface area contributed by atoms with Crippen molar-refractivity contribution in [2.24, 2.45) is 7.05 Å². The lowest BCUT2D eigenvalue weighted by molar-refractivity contribution is -0.119. The molecule has 1 aromatic heterocycles. The summed E-state index contributed by atoms with van der Waals surface area (Å²) in [6, 6.07) is 9.90. The molecule has 0 spiro atoms. The van der Waals surface area contributed by atoms with Crippen LogP contribution in [-0.2, 0) is 18.3 Å². The lowest BCUT2D eigenvalue weighted by atomic mass is 9.89. The predicted octanol–water partition coefficient (Wildman–Crippen LogP) is 3.69. The Balaban J connectivity index is 2.22. The molecule has 0 N–H and O–H groups in total. The molecule has 0 saturated carbocycles. The maximum Gasteiger partial charge on any atom is 0.144 e. The van der Waals surface area contributed by atoms with E-state index in [1.54, 1.807) is 11.7 Å². The van der Waals surface area contributed by atoms with Crippen LogP contribution in [0.15, 0.2) is 30.3 Å². The van der Waals surface area contributed by atoms with Gasteiger partial charge < -0.3 is 0 Å². The van der Waals surface area contributed by atoms with E-state index in [9.17, 15) is 4.79 Å². The van der Waals surface area contributed by atoms with Crippen molar-refractivity contribution in [1.82, 2.24) is 9.78 Å². The van der Waals surface area contributed by atoms with Crippen LogP contribution >= 0.6 is 11.6 Å². The van der Waals surface area contributed by atoms with E-state index >= 15 is 0 Å². The van der Waals surface area contributed by atoms with Crippen molar-refractivity contribution in [2.45, 2.75) is 32.6 Å². The average molecular weight is 291 g/mol. The predicted molar refractivity (Wildman–Crippen MR) is 81.1 cm³/mol. The average Bonchev–Trinajstić information content (AvgIpc) is 2.67. The second-order valence-electron chi connectivity index (χ2n) is 4.99. The van der Waals surface area contributed by atoms with Gasteiger partial charge in [-0.15, -0.1) is 0 Å². The van der Waals surface area contributed by atoms with Crippen molar-refractivity contribution in [3.05, 3.63) is 52.3 Å². The molecule has 0 aliphatic rings. The lowest BCUT2D eigenvalue weighted by Crippen LogP contribution is -2.15. The summed E-state index contributed by atoms with van der Waals surface area (Å²) >= 11 is 6.20. The Hall–Kier alpha value is -1.61. The molecule has 0 radical (unpaired) electrons. The Morgan fingerprint density at radius 1 is 1.35 bits per heavy atom. The van der Waals surface area contributed by atoms with Crippen molar-refractivity contribution >= 4 is 17.4 Å². The number of nitrogens with zero attached hydrogens (tertiary/aromatic N) is 2. The highest BCUT2D eigenvalue weighted by molar-refractivity contribution is 6.30. The second kappa shape index (κ2) is 6.23. The minimum absolute atomic E-state index is 0.0770. The molecule has 1 atom stereocenters. The molecule has 0 saturated heterocycles. The van der Waals surface area contributed by atoms with E-state index < -0.39 is 0 Å². The first-order chi connectivity index (χ1) is 9.54. The molecule has 0 aliphatic carbocycles. The fourth-order valence-electron chi connectivity index (χ4n) is 2.51. The molecule has 1 heterocycles. The van der Waals surface area contributed by atoms with Crippen LogP contribution in [0.1, 0.15) is 36.1 Å². The molecule has 1 unspecified atom stereocenters. The number of hydrogen-bond donors (Lipinski definition) is 0. The first-order valence-corrected chi connectivity index (χ1v) is 7.18. The molecule has 2 rings (SSSR count).